The minimum absolute atomic E-state index is 0.101. The quantitative estimate of drug-likeness (QED) is 0.835. The number of hydrogen-bond donors (Lipinski definition) is 2. The van der Waals surface area contributed by atoms with Crippen molar-refractivity contribution in [2.24, 2.45) is 5.73 Å². The lowest BCUT2D eigenvalue weighted by atomic mass is 10.3. The van der Waals surface area contributed by atoms with Gasteiger partial charge in [0.2, 0.25) is 0 Å². The summed E-state index contributed by atoms with van der Waals surface area (Å²) in [7, 11) is 0. The second-order valence-electron chi connectivity index (χ2n) is 3.06. The monoisotopic (exact) mass is 292 g/mol. The minimum Gasteiger partial charge on any atom is -0.446 e. The second-order valence-corrected chi connectivity index (χ2v) is 3.87. The van der Waals surface area contributed by atoms with Crippen LogP contribution < -0.4 is 11.1 Å². The Morgan fingerprint density at radius 2 is 1.83 bits per heavy atom. The minimum atomic E-state index is -0.927. The number of anilines is 1. The number of amides is 2. The summed E-state index contributed by atoms with van der Waals surface area (Å²) >= 11 is 11.5. The highest BCUT2D eigenvalue weighted by Crippen LogP contribution is 2.24. The zero-order chi connectivity index (χ0) is 13.5. The van der Waals surface area contributed by atoms with Gasteiger partial charge in [-0.15, -0.1) is 0 Å². The van der Waals surface area contributed by atoms with E-state index in [1.807, 2.05) is 0 Å². The number of halogens is 2. The number of rotatable bonds is 4. The Kier molecular flexibility index (Phi) is 5.54. The zero-order valence-corrected chi connectivity index (χ0v) is 10.6. The molecule has 2 amide bonds. The van der Waals surface area contributed by atoms with E-state index in [0.29, 0.717) is 15.7 Å². The van der Waals surface area contributed by atoms with Gasteiger partial charge in [0.15, 0.2) is 0 Å². The smallest absolute Gasteiger partial charge is 0.411 e. The maximum absolute atomic E-state index is 11.3. The van der Waals surface area contributed by atoms with E-state index in [4.69, 9.17) is 33.7 Å². The fourth-order valence-electron chi connectivity index (χ4n) is 1.00. The summed E-state index contributed by atoms with van der Waals surface area (Å²) in [5, 5.41) is 3.11. The summed E-state index contributed by atoms with van der Waals surface area (Å²) in [6.07, 6.45) is -1.63. The number of hydrogen-bond acceptors (Lipinski definition) is 4. The van der Waals surface area contributed by atoms with Crippen molar-refractivity contribution in [3.63, 3.8) is 0 Å². The molecule has 0 bridgehead atoms. The van der Waals surface area contributed by atoms with Crippen LogP contribution in [0.3, 0.4) is 0 Å². The van der Waals surface area contributed by atoms with Crippen LogP contribution in [-0.2, 0) is 9.47 Å². The van der Waals surface area contributed by atoms with Crippen LogP contribution in [-0.4, -0.2) is 25.4 Å². The lowest BCUT2D eigenvalue weighted by molar-refractivity contribution is 0.107. The van der Waals surface area contributed by atoms with E-state index < -0.39 is 12.2 Å². The van der Waals surface area contributed by atoms with E-state index >= 15 is 0 Å². The van der Waals surface area contributed by atoms with Gasteiger partial charge in [-0.25, -0.2) is 9.59 Å². The van der Waals surface area contributed by atoms with Gasteiger partial charge in [0.05, 0.1) is 10.0 Å². The van der Waals surface area contributed by atoms with Gasteiger partial charge < -0.3 is 15.2 Å². The molecule has 0 aliphatic heterocycles. The average Bonchev–Trinajstić information content (AvgIpc) is 2.29. The van der Waals surface area contributed by atoms with Crippen LogP contribution >= 0.6 is 23.2 Å². The maximum Gasteiger partial charge on any atom is 0.411 e. The first-order valence-electron chi connectivity index (χ1n) is 4.80. The molecule has 0 atom stereocenters. The molecule has 3 N–H and O–H groups in total. The van der Waals surface area contributed by atoms with E-state index in [1.54, 1.807) is 6.07 Å². The third-order valence-corrected chi connectivity index (χ3v) is 2.47. The van der Waals surface area contributed by atoms with Gasteiger partial charge in [0, 0.05) is 5.69 Å². The Balaban J connectivity index is 2.35. The summed E-state index contributed by atoms with van der Waals surface area (Å²) in [6.45, 7) is -0.208. The van der Waals surface area contributed by atoms with Crippen molar-refractivity contribution in [3.05, 3.63) is 28.2 Å². The van der Waals surface area contributed by atoms with Crippen LogP contribution in [0.25, 0.3) is 0 Å². The molecule has 8 heteroatoms. The Morgan fingerprint density at radius 1 is 1.17 bits per heavy atom. The predicted octanol–water partition coefficient (Wildman–Crippen LogP) is 2.64. The van der Waals surface area contributed by atoms with E-state index in [9.17, 15) is 9.59 Å². The van der Waals surface area contributed by atoms with Crippen molar-refractivity contribution >= 4 is 41.1 Å². The highest BCUT2D eigenvalue weighted by atomic mass is 35.5. The molecule has 0 fully saturated rings. The molecule has 18 heavy (non-hydrogen) atoms. The molecule has 0 aliphatic carbocycles. The molecule has 0 aliphatic rings. The van der Waals surface area contributed by atoms with Crippen LogP contribution in [0.2, 0.25) is 10.0 Å². The van der Waals surface area contributed by atoms with Gasteiger partial charge in [-0.05, 0) is 18.2 Å². The highest BCUT2D eigenvalue weighted by Gasteiger charge is 2.05. The van der Waals surface area contributed by atoms with Gasteiger partial charge in [-0.2, -0.15) is 0 Å². The van der Waals surface area contributed by atoms with Crippen LogP contribution in [0.15, 0.2) is 18.2 Å². The predicted molar refractivity (Wildman–Crippen MR) is 67.0 cm³/mol. The lowest BCUT2D eigenvalue weighted by Gasteiger charge is -2.07. The van der Waals surface area contributed by atoms with Crippen molar-refractivity contribution in [3.8, 4) is 0 Å². The molecule has 0 aromatic heterocycles. The largest absolute Gasteiger partial charge is 0.446 e. The third-order valence-electron chi connectivity index (χ3n) is 1.73. The number of nitrogens with one attached hydrogen (secondary N) is 1. The number of carbonyl (C=O) groups is 2. The van der Waals surface area contributed by atoms with Crippen molar-refractivity contribution in [1.82, 2.24) is 0 Å². The molecule has 0 saturated carbocycles. The van der Waals surface area contributed by atoms with E-state index in [1.165, 1.54) is 12.1 Å². The zero-order valence-electron chi connectivity index (χ0n) is 9.11. The summed E-state index contributed by atoms with van der Waals surface area (Å²) < 4.78 is 9.08. The van der Waals surface area contributed by atoms with Crippen molar-refractivity contribution in [1.29, 1.82) is 0 Å². The van der Waals surface area contributed by atoms with Crippen LogP contribution in [0.4, 0.5) is 15.3 Å². The molecule has 1 aromatic rings. The molecule has 0 heterocycles. The molecular formula is C10H10Cl2N2O4. The third kappa shape index (κ3) is 5.11. The molecule has 98 valence electrons. The second kappa shape index (κ2) is 6.93. The molecule has 0 saturated heterocycles. The topological polar surface area (TPSA) is 90.7 Å². The lowest BCUT2D eigenvalue weighted by Crippen LogP contribution is -2.20. The molecule has 0 spiro atoms. The normalized spacial score (nSPS) is 9.67. The first-order valence-corrected chi connectivity index (χ1v) is 5.55. The first-order chi connectivity index (χ1) is 8.49. The molecule has 6 nitrogen and oxygen atoms in total. The first kappa shape index (κ1) is 14.4. The summed E-state index contributed by atoms with van der Waals surface area (Å²) in [4.78, 5) is 21.5. The van der Waals surface area contributed by atoms with Gasteiger partial charge in [0.25, 0.3) is 0 Å². The number of carbonyl (C=O) groups excluding carboxylic acids is 2. The molecule has 1 aromatic carbocycles. The summed E-state index contributed by atoms with van der Waals surface area (Å²) in [5.41, 5.74) is 5.15. The highest BCUT2D eigenvalue weighted by molar-refractivity contribution is 6.42. The number of benzene rings is 1. The number of ether oxygens (including phenoxy) is 2. The molecule has 0 radical (unpaired) electrons. The summed E-state index contributed by atoms with van der Waals surface area (Å²) in [6, 6.07) is 4.58. The molecule has 1 rings (SSSR count). The Bertz CT molecular complexity index is 454. The fraction of sp³-hybridized carbons (Fsp3) is 0.200. The van der Waals surface area contributed by atoms with Crippen LogP contribution in [0.1, 0.15) is 0 Å². The Hall–Kier alpha value is -1.66. The average molecular weight is 293 g/mol. The van der Waals surface area contributed by atoms with Crippen LogP contribution in [0, 0.1) is 0 Å². The number of nitrogens with two attached hydrogens (primary N) is 1. The number of primary amides is 1. The van der Waals surface area contributed by atoms with E-state index in [2.05, 4.69) is 10.1 Å². The van der Waals surface area contributed by atoms with Crippen LogP contribution in [0.5, 0.6) is 0 Å². The van der Waals surface area contributed by atoms with Gasteiger partial charge in [-0.3, -0.25) is 5.32 Å². The van der Waals surface area contributed by atoms with Gasteiger partial charge >= 0.3 is 12.2 Å². The van der Waals surface area contributed by atoms with E-state index in [0.717, 1.165) is 0 Å². The Morgan fingerprint density at radius 3 is 2.44 bits per heavy atom. The SMILES string of the molecule is NC(=O)OCCOC(=O)Nc1ccc(Cl)c(Cl)c1. The molecule has 0 unspecified atom stereocenters. The Labute approximate surface area is 113 Å². The standard InChI is InChI=1S/C10H10Cl2N2O4/c11-7-2-1-6(5-8(7)12)14-10(16)18-4-3-17-9(13)15/h1-2,5H,3-4H2,(H2,13,15)(H,14,16). The summed E-state index contributed by atoms with van der Waals surface area (Å²) in [5.74, 6) is 0. The van der Waals surface area contributed by atoms with Crippen molar-refractivity contribution in [2.45, 2.75) is 0 Å². The maximum atomic E-state index is 11.3. The fourth-order valence-corrected chi connectivity index (χ4v) is 1.30. The van der Waals surface area contributed by atoms with Crippen molar-refractivity contribution < 1.29 is 19.1 Å². The van der Waals surface area contributed by atoms with Gasteiger partial charge in [0.1, 0.15) is 13.2 Å². The van der Waals surface area contributed by atoms with Gasteiger partial charge in [-0.1, -0.05) is 23.2 Å². The van der Waals surface area contributed by atoms with Crippen molar-refractivity contribution in [2.75, 3.05) is 18.5 Å². The molecular weight excluding hydrogens is 283 g/mol. The van der Waals surface area contributed by atoms with E-state index in [-0.39, 0.29) is 13.2 Å².